The quantitative estimate of drug-likeness (QED) is 0.845. The molecule has 2 aliphatic heterocycles. The van der Waals surface area contributed by atoms with Crippen LogP contribution < -0.4 is 0 Å². The van der Waals surface area contributed by atoms with Crippen LogP contribution in [0.5, 0.6) is 0 Å². The van der Waals surface area contributed by atoms with E-state index < -0.39 is 10.2 Å². The first-order valence-corrected chi connectivity index (χ1v) is 9.62. The monoisotopic (exact) mass is 347 g/mol. The van der Waals surface area contributed by atoms with Gasteiger partial charge in [0.25, 0.3) is 10.2 Å². The molecule has 2 aliphatic rings. The third-order valence-corrected chi connectivity index (χ3v) is 6.71. The zero-order valence-electron chi connectivity index (χ0n) is 13.4. The van der Waals surface area contributed by atoms with Crippen LogP contribution in [0, 0.1) is 0 Å². The normalized spacial score (nSPS) is 23.1. The molecule has 0 aliphatic carbocycles. The molecule has 3 heterocycles. The summed E-state index contributed by atoms with van der Waals surface area (Å²) in [4.78, 5) is 0. The van der Waals surface area contributed by atoms with Gasteiger partial charge in [-0.05, 0) is 17.7 Å². The SMILES string of the molecule is O=S(=O)(N1CCOCC1)N1CCn2cccc2C1c1ccccc1. The number of benzene rings is 1. The number of hydrogen-bond acceptors (Lipinski definition) is 3. The summed E-state index contributed by atoms with van der Waals surface area (Å²) < 4.78 is 37.1. The van der Waals surface area contributed by atoms with Crippen molar-refractivity contribution in [3.05, 3.63) is 59.9 Å². The van der Waals surface area contributed by atoms with Crippen LogP contribution in [0.3, 0.4) is 0 Å². The molecule has 0 radical (unpaired) electrons. The minimum absolute atomic E-state index is 0.289. The first-order valence-electron chi connectivity index (χ1n) is 8.22. The van der Waals surface area contributed by atoms with E-state index in [-0.39, 0.29) is 6.04 Å². The fourth-order valence-electron chi connectivity index (χ4n) is 3.51. The van der Waals surface area contributed by atoms with E-state index in [0.717, 1.165) is 11.3 Å². The first-order chi connectivity index (χ1) is 11.7. The molecule has 2 aromatic rings. The summed E-state index contributed by atoms with van der Waals surface area (Å²) in [6.45, 7) is 2.90. The van der Waals surface area contributed by atoms with Crippen LogP contribution in [0.25, 0.3) is 0 Å². The van der Waals surface area contributed by atoms with Crippen molar-refractivity contribution in [2.75, 3.05) is 32.8 Å². The molecule has 1 atom stereocenters. The van der Waals surface area contributed by atoms with E-state index in [1.165, 1.54) is 0 Å². The van der Waals surface area contributed by atoms with Crippen LogP contribution >= 0.6 is 0 Å². The lowest BCUT2D eigenvalue weighted by atomic mass is 10.0. The molecule has 1 saturated heterocycles. The average Bonchev–Trinajstić information content (AvgIpc) is 3.11. The number of hydrogen-bond donors (Lipinski definition) is 0. The predicted molar refractivity (Wildman–Crippen MR) is 90.7 cm³/mol. The third kappa shape index (κ3) is 2.67. The van der Waals surface area contributed by atoms with E-state index in [9.17, 15) is 8.42 Å². The van der Waals surface area contributed by atoms with Gasteiger partial charge in [-0.2, -0.15) is 17.0 Å². The number of fused-ring (bicyclic) bond motifs is 1. The molecule has 24 heavy (non-hydrogen) atoms. The van der Waals surface area contributed by atoms with Gasteiger partial charge in [0, 0.05) is 38.1 Å². The largest absolute Gasteiger partial charge is 0.379 e. The number of aromatic nitrogens is 1. The minimum Gasteiger partial charge on any atom is -0.379 e. The predicted octanol–water partition coefficient (Wildman–Crippen LogP) is 1.47. The molecule has 0 spiro atoms. The molecule has 1 fully saturated rings. The van der Waals surface area contributed by atoms with Crippen molar-refractivity contribution in [3.63, 3.8) is 0 Å². The highest BCUT2D eigenvalue weighted by atomic mass is 32.2. The van der Waals surface area contributed by atoms with E-state index >= 15 is 0 Å². The molecule has 7 heteroatoms. The highest BCUT2D eigenvalue weighted by Gasteiger charge is 2.40. The van der Waals surface area contributed by atoms with Crippen molar-refractivity contribution in [1.82, 2.24) is 13.2 Å². The Morgan fingerprint density at radius 3 is 2.42 bits per heavy atom. The van der Waals surface area contributed by atoms with Crippen molar-refractivity contribution in [3.8, 4) is 0 Å². The zero-order chi connectivity index (χ0) is 16.6. The summed E-state index contributed by atoms with van der Waals surface area (Å²) in [5, 5.41) is 0. The third-order valence-electron chi connectivity index (χ3n) is 4.70. The van der Waals surface area contributed by atoms with Crippen LogP contribution in [0.15, 0.2) is 48.7 Å². The average molecular weight is 347 g/mol. The van der Waals surface area contributed by atoms with Gasteiger partial charge in [-0.15, -0.1) is 0 Å². The Balaban J connectivity index is 1.76. The lowest BCUT2D eigenvalue weighted by molar-refractivity contribution is 0.0689. The summed E-state index contributed by atoms with van der Waals surface area (Å²) in [6.07, 6.45) is 2.02. The Bertz CT molecular complexity index is 797. The van der Waals surface area contributed by atoms with Crippen molar-refractivity contribution in [2.45, 2.75) is 12.6 Å². The van der Waals surface area contributed by atoms with Gasteiger partial charge < -0.3 is 9.30 Å². The van der Waals surface area contributed by atoms with Crippen LogP contribution in [-0.2, 0) is 21.5 Å². The lowest BCUT2D eigenvalue weighted by Gasteiger charge is -2.39. The highest BCUT2D eigenvalue weighted by Crippen LogP contribution is 2.35. The van der Waals surface area contributed by atoms with Crippen LogP contribution in [0.1, 0.15) is 17.3 Å². The van der Waals surface area contributed by atoms with Crippen LogP contribution in [0.2, 0.25) is 0 Å². The maximum absolute atomic E-state index is 13.2. The maximum Gasteiger partial charge on any atom is 0.283 e. The molecule has 4 rings (SSSR count). The smallest absolute Gasteiger partial charge is 0.283 e. The Morgan fingerprint density at radius 2 is 1.67 bits per heavy atom. The van der Waals surface area contributed by atoms with Gasteiger partial charge in [0.15, 0.2) is 0 Å². The topological polar surface area (TPSA) is 54.8 Å². The Morgan fingerprint density at radius 1 is 0.917 bits per heavy atom. The van der Waals surface area contributed by atoms with Crippen molar-refractivity contribution in [1.29, 1.82) is 0 Å². The molecule has 1 unspecified atom stereocenters. The molecule has 1 aromatic heterocycles. The summed E-state index contributed by atoms with van der Waals surface area (Å²) in [6, 6.07) is 13.6. The van der Waals surface area contributed by atoms with Gasteiger partial charge in [0.1, 0.15) is 0 Å². The van der Waals surface area contributed by atoms with Crippen LogP contribution in [-0.4, -0.2) is 54.4 Å². The summed E-state index contributed by atoms with van der Waals surface area (Å²) in [7, 11) is -3.53. The zero-order valence-corrected chi connectivity index (χ0v) is 14.2. The maximum atomic E-state index is 13.2. The Labute approximate surface area is 142 Å². The molecule has 128 valence electrons. The number of nitrogens with zero attached hydrogens (tertiary/aromatic N) is 3. The van der Waals surface area contributed by atoms with Gasteiger partial charge in [-0.3, -0.25) is 0 Å². The second kappa shape index (κ2) is 6.33. The van der Waals surface area contributed by atoms with Gasteiger partial charge >= 0.3 is 0 Å². The fourth-order valence-corrected chi connectivity index (χ4v) is 5.22. The van der Waals surface area contributed by atoms with E-state index in [0.29, 0.717) is 39.4 Å². The van der Waals surface area contributed by atoms with Gasteiger partial charge in [-0.25, -0.2) is 0 Å². The Kier molecular flexibility index (Phi) is 4.17. The van der Waals surface area contributed by atoms with Gasteiger partial charge in [0.2, 0.25) is 0 Å². The second-order valence-corrected chi connectivity index (χ2v) is 7.95. The Hall–Kier alpha value is -1.67. The van der Waals surface area contributed by atoms with E-state index in [4.69, 9.17) is 4.74 Å². The van der Waals surface area contributed by atoms with E-state index in [1.54, 1.807) is 8.61 Å². The first kappa shape index (κ1) is 15.8. The minimum atomic E-state index is -3.53. The molecule has 0 N–H and O–H groups in total. The summed E-state index contributed by atoms with van der Waals surface area (Å²) in [5.41, 5.74) is 2.01. The van der Waals surface area contributed by atoms with Crippen molar-refractivity contribution >= 4 is 10.2 Å². The number of ether oxygens (including phenoxy) is 1. The molecular weight excluding hydrogens is 326 g/mol. The molecule has 0 bridgehead atoms. The van der Waals surface area contributed by atoms with E-state index in [1.807, 2.05) is 48.7 Å². The number of rotatable bonds is 3. The molecule has 1 aromatic carbocycles. The van der Waals surface area contributed by atoms with Gasteiger partial charge in [0.05, 0.1) is 19.3 Å². The fraction of sp³-hybridized carbons (Fsp3) is 0.412. The molecule has 0 saturated carbocycles. The molecular formula is C17H21N3O3S. The second-order valence-electron chi connectivity index (χ2n) is 6.07. The van der Waals surface area contributed by atoms with Crippen molar-refractivity contribution < 1.29 is 13.2 Å². The summed E-state index contributed by atoms with van der Waals surface area (Å²) >= 11 is 0. The molecule has 0 amide bonds. The summed E-state index contributed by atoms with van der Waals surface area (Å²) in [5.74, 6) is 0. The van der Waals surface area contributed by atoms with Gasteiger partial charge in [-0.1, -0.05) is 30.3 Å². The molecule has 6 nitrogen and oxygen atoms in total. The lowest BCUT2D eigenvalue weighted by Crippen LogP contribution is -2.52. The van der Waals surface area contributed by atoms with E-state index in [2.05, 4.69) is 4.57 Å². The van der Waals surface area contributed by atoms with Crippen LogP contribution in [0.4, 0.5) is 0 Å². The highest BCUT2D eigenvalue weighted by molar-refractivity contribution is 7.86. The van der Waals surface area contributed by atoms with Crippen molar-refractivity contribution in [2.24, 2.45) is 0 Å². The number of morpholine rings is 1. The standard InChI is InChI=1S/C17H21N3O3S/c21-24(22,19-11-13-23-14-12-19)20-10-9-18-8-4-7-16(18)17(20)15-5-2-1-3-6-15/h1-8,17H,9-14H2.